The first-order valence-electron chi connectivity index (χ1n) is 5.95. The molecule has 1 aromatic carbocycles. The number of nitrogens with zero attached hydrogens (tertiary/aromatic N) is 2. The summed E-state index contributed by atoms with van der Waals surface area (Å²) < 4.78 is 8.71. The highest BCUT2D eigenvalue weighted by atomic mass is 79.9. The number of hydrogen-bond acceptors (Lipinski definition) is 3. The Bertz CT molecular complexity index is 603. The normalized spacial score (nSPS) is 12.7. The van der Waals surface area contributed by atoms with Gasteiger partial charge in [-0.2, -0.15) is 5.10 Å². The number of nitrogens with two attached hydrogens (primary N) is 1. The van der Waals surface area contributed by atoms with Crippen LogP contribution in [0.3, 0.4) is 0 Å². The van der Waals surface area contributed by atoms with Crippen LogP contribution in [0.2, 0.25) is 5.02 Å². The van der Waals surface area contributed by atoms with E-state index in [-0.39, 0.29) is 6.04 Å². The van der Waals surface area contributed by atoms with Crippen molar-refractivity contribution in [1.29, 1.82) is 0 Å². The fourth-order valence-electron chi connectivity index (χ4n) is 1.94. The summed E-state index contributed by atoms with van der Waals surface area (Å²) in [6, 6.07) is 5.27. The predicted octanol–water partition coefficient (Wildman–Crippen LogP) is 3.76. The van der Waals surface area contributed by atoms with Gasteiger partial charge in [0.1, 0.15) is 0 Å². The highest BCUT2D eigenvalue weighted by Crippen LogP contribution is 2.32. The standard InChI is InChI=1S/C13H14Br2ClN3O/c1-20-5-4-19-13(10(15)7-18-19)12(17)9-6-8(14)2-3-11(9)16/h2-3,6-7,12H,4-5,17H2,1H3. The lowest BCUT2D eigenvalue weighted by Crippen LogP contribution is -2.20. The van der Waals surface area contributed by atoms with Crippen LogP contribution in [-0.4, -0.2) is 23.5 Å². The van der Waals surface area contributed by atoms with Crippen molar-refractivity contribution in [1.82, 2.24) is 9.78 Å². The molecule has 7 heteroatoms. The van der Waals surface area contributed by atoms with Crippen molar-refractivity contribution in [2.45, 2.75) is 12.6 Å². The molecule has 0 bridgehead atoms. The molecule has 1 aromatic heterocycles. The van der Waals surface area contributed by atoms with Gasteiger partial charge in [0.25, 0.3) is 0 Å². The summed E-state index contributed by atoms with van der Waals surface area (Å²) in [7, 11) is 1.66. The number of ether oxygens (including phenoxy) is 1. The molecule has 0 radical (unpaired) electrons. The van der Waals surface area contributed by atoms with Gasteiger partial charge in [0, 0.05) is 16.6 Å². The molecular weight excluding hydrogens is 409 g/mol. The van der Waals surface area contributed by atoms with Gasteiger partial charge in [-0.1, -0.05) is 27.5 Å². The zero-order chi connectivity index (χ0) is 14.7. The van der Waals surface area contributed by atoms with Gasteiger partial charge in [-0.15, -0.1) is 0 Å². The first-order valence-corrected chi connectivity index (χ1v) is 7.91. The van der Waals surface area contributed by atoms with Crippen LogP contribution < -0.4 is 5.73 Å². The third-order valence-corrected chi connectivity index (χ3v) is 4.38. The second-order valence-corrected chi connectivity index (χ2v) is 6.41. The summed E-state index contributed by atoms with van der Waals surface area (Å²) in [5.74, 6) is 0. The predicted molar refractivity (Wildman–Crippen MR) is 87.0 cm³/mol. The lowest BCUT2D eigenvalue weighted by atomic mass is 10.0. The molecule has 0 aliphatic heterocycles. The Labute approximate surface area is 139 Å². The van der Waals surface area contributed by atoms with E-state index in [0.29, 0.717) is 18.2 Å². The summed E-state index contributed by atoms with van der Waals surface area (Å²) in [6.45, 7) is 1.21. The number of aromatic nitrogens is 2. The van der Waals surface area contributed by atoms with Gasteiger partial charge >= 0.3 is 0 Å². The average Bonchev–Trinajstić information content (AvgIpc) is 2.79. The van der Waals surface area contributed by atoms with Crippen molar-refractivity contribution >= 4 is 43.5 Å². The molecule has 0 aliphatic carbocycles. The number of benzene rings is 1. The molecule has 2 aromatic rings. The van der Waals surface area contributed by atoms with E-state index in [4.69, 9.17) is 22.1 Å². The van der Waals surface area contributed by atoms with E-state index in [0.717, 1.165) is 20.2 Å². The Hall–Kier alpha value is -0.400. The molecule has 108 valence electrons. The van der Waals surface area contributed by atoms with E-state index in [1.165, 1.54) is 0 Å². The molecule has 2 rings (SSSR count). The zero-order valence-electron chi connectivity index (χ0n) is 10.8. The van der Waals surface area contributed by atoms with Crippen molar-refractivity contribution in [2.75, 3.05) is 13.7 Å². The fourth-order valence-corrected chi connectivity index (χ4v) is 3.09. The molecule has 4 nitrogen and oxygen atoms in total. The third-order valence-electron chi connectivity index (χ3n) is 2.93. The van der Waals surface area contributed by atoms with Crippen LogP contribution in [0.5, 0.6) is 0 Å². The largest absolute Gasteiger partial charge is 0.383 e. The van der Waals surface area contributed by atoms with Gasteiger partial charge in [-0.25, -0.2) is 0 Å². The van der Waals surface area contributed by atoms with Crippen molar-refractivity contribution in [2.24, 2.45) is 5.73 Å². The average molecular weight is 424 g/mol. The van der Waals surface area contributed by atoms with Crippen LogP contribution in [0.4, 0.5) is 0 Å². The van der Waals surface area contributed by atoms with Crippen LogP contribution in [0.15, 0.2) is 33.3 Å². The number of rotatable bonds is 5. The first-order chi connectivity index (χ1) is 9.54. The zero-order valence-corrected chi connectivity index (χ0v) is 14.7. The van der Waals surface area contributed by atoms with Gasteiger partial charge in [-0.05, 0) is 39.7 Å². The van der Waals surface area contributed by atoms with Crippen LogP contribution >= 0.6 is 43.5 Å². The molecule has 1 atom stereocenters. The van der Waals surface area contributed by atoms with Gasteiger partial charge in [0.05, 0.1) is 35.6 Å². The minimum Gasteiger partial charge on any atom is -0.383 e. The van der Waals surface area contributed by atoms with E-state index in [1.54, 1.807) is 13.3 Å². The molecule has 0 spiro atoms. The molecule has 0 saturated heterocycles. The quantitative estimate of drug-likeness (QED) is 0.797. The Morgan fingerprint density at radius 1 is 1.45 bits per heavy atom. The minimum atomic E-state index is -0.367. The monoisotopic (exact) mass is 421 g/mol. The Balaban J connectivity index is 2.39. The number of methoxy groups -OCH3 is 1. The first kappa shape index (κ1) is 16.0. The van der Waals surface area contributed by atoms with Crippen molar-refractivity contribution < 1.29 is 4.74 Å². The summed E-state index contributed by atoms with van der Waals surface area (Å²) in [5.41, 5.74) is 8.09. The summed E-state index contributed by atoms with van der Waals surface area (Å²) in [5, 5.41) is 4.94. The Morgan fingerprint density at radius 2 is 2.20 bits per heavy atom. The molecule has 1 unspecified atom stereocenters. The SMILES string of the molecule is COCCn1ncc(Br)c1C(N)c1cc(Br)ccc1Cl. The van der Waals surface area contributed by atoms with E-state index in [9.17, 15) is 0 Å². The Kier molecular flexibility index (Phi) is 5.63. The second kappa shape index (κ2) is 7.04. The second-order valence-electron chi connectivity index (χ2n) is 4.24. The van der Waals surface area contributed by atoms with E-state index in [1.807, 2.05) is 22.9 Å². The topological polar surface area (TPSA) is 53.1 Å². The maximum atomic E-state index is 6.37. The summed E-state index contributed by atoms with van der Waals surface area (Å²) in [4.78, 5) is 0. The summed E-state index contributed by atoms with van der Waals surface area (Å²) in [6.07, 6.45) is 1.73. The highest BCUT2D eigenvalue weighted by Gasteiger charge is 2.20. The maximum absolute atomic E-state index is 6.37. The van der Waals surface area contributed by atoms with Gasteiger partial charge in [-0.3, -0.25) is 4.68 Å². The third kappa shape index (κ3) is 3.43. The lowest BCUT2D eigenvalue weighted by molar-refractivity contribution is 0.182. The molecule has 20 heavy (non-hydrogen) atoms. The lowest BCUT2D eigenvalue weighted by Gasteiger charge is -2.17. The van der Waals surface area contributed by atoms with Gasteiger partial charge in [0.2, 0.25) is 0 Å². The van der Waals surface area contributed by atoms with Crippen LogP contribution in [0, 0.1) is 0 Å². The van der Waals surface area contributed by atoms with Gasteiger partial charge < -0.3 is 10.5 Å². The molecule has 2 N–H and O–H groups in total. The number of halogens is 3. The van der Waals surface area contributed by atoms with Crippen LogP contribution in [-0.2, 0) is 11.3 Å². The van der Waals surface area contributed by atoms with Crippen molar-refractivity contribution in [3.63, 3.8) is 0 Å². The molecule has 0 fully saturated rings. The van der Waals surface area contributed by atoms with Crippen LogP contribution in [0.25, 0.3) is 0 Å². The minimum absolute atomic E-state index is 0.367. The van der Waals surface area contributed by atoms with Gasteiger partial charge in [0.15, 0.2) is 0 Å². The summed E-state index contributed by atoms with van der Waals surface area (Å²) >= 11 is 13.2. The highest BCUT2D eigenvalue weighted by molar-refractivity contribution is 9.10. The Morgan fingerprint density at radius 3 is 2.90 bits per heavy atom. The fraction of sp³-hybridized carbons (Fsp3) is 0.308. The van der Waals surface area contributed by atoms with Crippen LogP contribution in [0.1, 0.15) is 17.3 Å². The van der Waals surface area contributed by atoms with E-state index < -0.39 is 0 Å². The molecule has 1 heterocycles. The van der Waals surface area contributed by atoms with E-state index in [2.05, 4.69) is 37.0 Å². The molecule has 0 amide bonds. The number of hydrogen-bond donors (Lipinski definition) is 1. The van der Waals surface area contributed by atoms with E-state index >= 15 is 0 Å². The molecule has 0 saturated carbocycles. The molecular formula is C13H14Br2ClN3O. The smallest absolute Gasteiger partial charge is 0.0749 e. The van der Waals surface area contributed by atoms with Crippen molar-refractivity contribution in [3.8, 4) is 0 Å². The van der Waals surface area contributed by atoms with Crippen molar-refractivity contribution in [3.05, 3.63) is 49.6 Å². The maximum Gasteiger partial charge on any atom is 0.0749 e. The molecule has 0 aliphatic rings.